The van der Waals surface area contributed by atoms with Gasteiger partial charge in [-0.05, 0) is 127 Å². The smallest absolute Gasteiger partial charge is 0.435 e. The van der Waals surface area contributed by atoms with E-state index in [1.807, 2.05) is 44.2 Å². The molecule has 9 rings (SSSR count). The van der Waals surface area contributed by atoms with E-state index >= 15 is 0 Å². The molecule has 2 aromatic rings. The van der Waals surface area contributed by atoms with E-state index in [9.17, 15) is 33.9 Å². The van der Waals surface area contributed by atoms with Crippen molar-refractivity contribution in [1.29, 1.82) is 0 Å². The minimum absolute atomic E-state index is 0.0205. The van der Waals surface area contributed by atoms with Crippen LogP contribution in [0.3, 0.4) is 0 Å². The first-order valence-corrected chi connectivity index (χ1v) is 25.3. The lowest BCUT2D eigenvalue weighted by Gasteiger charge is -2.72. The molecular formula is C54H73N5O9. The summed E-state index contributed by atoms with van der Waals surface area (Å²) >= 11 is 0. The van der Waals surface area contributed by atoms with Crippen molar-refractivity contribution in [2.45, 2.75) is 151 Å². The van der Waals surface area contributed by atoms with E-state index in [0.717, 1.165) is 60.8 Å². The zero-order chi connectivity index (χ0) is 49.1. The van der Waals surface area contributed by atoms with Crippen LogP contribution in [0.15, 0.2) is 47.5 Å². The highest BCUT2D eigenvalue weighted by Crippen LogP contribution is 2.76. The van der Waals surface area contributed by atoms with Gasteiger partial charge in [0.05, 0.1) is 29.7 Å². The van der Waals surface area contributed by atoms with E-state index in [1.165, 1.54) is 6.07 Å². The number of hydrogen-bond acceptors (Lipinski definition) is 10. The van der Waals surface area contributed by atoms with Crippen molar-refractivity contribution < 1.29 is 43.3 Å². The van der Waals surface area contributed by atoms with Gasteiger partial charge in [-0.2, -0.15) is 9.78 Å². The number of ketones is 1. The van der Waals surface area contributed by atoms with Crippen molar-refractivity contribution >= 4 is 35.6 Å². The molecule has 1 aromatic carbocycles. The van der Waals surface area contributed by atoms with Crippen molar-refractivity contribution in [3.63, 3.8) is 0 Å². The number of rotatable bonds is 10. The van der Waals surface area contributed by atoms with Gasteiger partial charge in [0.1, 0.15) is 17.3 Å². The molecule has 7 aliphatic rings. The number of benzene rings is 1. The van der Waals surface area contributed by atoms with E-state index in [0.29, 0.717) is 35.9 Å². The quantitative estimate of drug-likeness (QED) is 0.168. The van der Waals surface area contributed by atoms with Crippen molar-refractivity contribution in [3.05, 3.63) is 53.2 Å². The first kappa shape index (κ1) is 48.2. The summed E-state index contributed by atoms with van der Waals surface area (Å²) in [6, 6.07) is 10.8. The number of carbonyl (C=O) groups is 6. The van der Waals surface area contributed by atoms with Crippen LogP contribution in [0.2, 0.25) is 0 Å². The second-order valence-corrected chi connectivity index (χ2v) is 24.1. The number of aromatic nitrogens is 2. The molecular weight excluding hydrogens is 863 g/mol. The predicted molar refractivity (Wildman–Crippen MR) is 254 cm³/mol. The van der Waals surface area contributed by atoms with E-state index in [4.69, 9.17) is 9.47 Å². The highest BCUT2D eigenvalue weighted by Gasteiger charge is 2.71. The maximum Gasteiger partial charge on any atom is 0.435 e. The van der Waals surface area contributed by atoms with Crippen LogP contribution >= 0.6 is 0 Å². The number of carboxylic acids is 1. The summed E-state index contributed by atoms with van der Waals surface area (Å²) in [6.45, 7) is 22.0. The third kappa shape index (κ3) is 6.97. The van der Waals surface area contributed by atoms with Gasteiger partial charge in [0.2, 0.25) is 5.91 Å². The van der Waals surface area contributed by atoms with Crippen molar-refractivity contribution in [2.75, 3.05) is 19.7 Å². The average Bonchev–Trinajstić information content (AvgIpc) is 3.83. The molecule has 6 aliphatic carbocycles. The number of carbonyl (C=O) groups excluding carboxylic acids is 5. The Balaban J connectivity index is 0.966. The molecule has 6 fully saturated rings. The maximum absolute atomic E-state index is 15.0. The average molecular weight is 936 g/mol. The standard InChI is InChI=1S/C54H73N5O9/c1-11-67-47(66)59-36(26-35(58-59)31-15-13-12-14-16-31)43(61)56-54(28-55-29-54)46(65)57-53-24-23-51(9)32(42(53)41(30(2)3)37(60)27-53)17-18-39-50(8)21-20-40(49(6,7)38(50)19-22-52(39,51)10)68-45(64)34-25-33(44(62)63)48(34,4)5/h12-16,26,30,32-34,38-40,55H,11,17-25,27-29H2,1-10H3,(H,56,61)(H,57,65)(H,62,63)/t32-,33+,34-,38+,39-,40+,50+,51-,52-,53-/m1/s1. The maximum atomic E-state index is 15.0. The highest BCUT2D eigenvalue weighted by molar-refractivity contribution is 6.04. The third-order valence-corrected chi connectivity index (χ3v) is 19.9. The number of nitrogens with zero attached hydrogens (tertiary/aromatic N) is 2. The van der Waals surface area contributed by atoms with E-state index in [2.05, 4.69) is 69.5 Å². The largest absolute Gasteiger partial charge is 0.481 e. The summed E-state index contributed by atoms with van der Waals surface area (Å²) < 4.78 is 12.7. The normalized spacial score (nSPS) is 36.1. The molecule has 10 atom stereocenters. The lowest BCUT2D eigenvalue weighted by molar-refractivity contribution is -0.235. The van der Waals surface area contributed by atoms with Gasteiger partial charge in [0.25, 0.3) is 5.91 Å². The summed E-state index contributed by atoms with van der Waals surface area (Å²) in [4.78, 5) is 82.4. The molecule has 0 radical (unpaired) electrons. The number of allylic oxidation sites excluding steroid dienone is 1. The van der Waals surface area contributed by atoms with Gasteiger partial charge in [-0.25, -0.2) is 4.79 Å². The first-order chi connectivity index (χ1) is 31.9. The molecule has 4 N–H and O–H groups in total. The SMILES string of the molecule is CCOC(=O)n1nc(-c2ccccc2)cc1C(=O)NC1(C(=O)N[C@@]23CC[C@]4(C)[C@H](CC[C@@H]5[C@@]6(C)CC[C@H](OC(=O)[C@H]7C[C@@H](C(=O)O)C7(C)C)C(C)(C)[C@@H]6CC[C@]54C)C2=C(C(C)C)C(=O)C3)CNC1. The van der Waals surface area contributed by atoms with Crippen LogP contribution in [0.5, 0.6) is 0 Å². The number of Topliss-reactive ketones (excluding diaryl/α,β-unsaturated/α-hetero) is 1. The number of carboxylic acid groups (broad SMARTS) is 1. The molecule has 0 spiro atoms. The van der Waals surface area contributed by atoms with Gasteiger partial charge in [-0.3, -0.25) is 24.0 Å². The molecule has 1 saturated heterocycles. The van der Waals surface area contributed by atoms with Crippen LogP contribution < -0.4 is 16.0 Å². The molecule has 0 unspecified atom stereocenters. The molecule has 1 aromatic heterocycles. The Bertz CT molecular complexity index is 2470. The lowest BCUT2D eigenvalue weighted by Crippen LogP contribution is -2.77. The second-order valence-electron chi connectivity index (χ2n) is 24.1. The van der Waals surface area contributed by atoms with Crippen LogP contribution in [0.1, 0.15) is 144 Å². The molecule has 368 valence electrons. The van der Waals surface area contributed by atoms with Gasteiger partial charge in [0.15, 0.2) is 5.78 Å². The monoisotopic (exact) mass is 936 g/mol. The molecule has 68 heavy (non-hydrogen) atoms. The van der Waals surface area contributed by atoms with Crippen molar-refractivity contribution in [3.8, 4) is 11.3 Å². The van der Waals surface area contributed by atoms with Crippen LogP contribution in [0, 0.1) is 62.6 Å². The van der Waals surface area contributed by atoms with Gasteiger partial charge < -0.3 is 30.5 Å². The van der Waals surface area contributed by atoms with Crippen molar-refractivity contribution in [1.82, 2.24) is 25.7 Å². The van der Waals surface area contributed by atoms with Crippen LogP contribution in [0.25, 0.3) is 11.3 Å². The first-order valence-electron chi connectivity index (χ1n) is 25.3. The summed E-state index contributed by atoms with van der Waals surface area (Å²) in [6.07, 6.45) is 6.41. The Morgan fingerprint density at radius 1 is 0.853 bits per heavy atom. The number of amides is 2. The summed E-state index contributed by atoms with van der Waals surface area (Å²) in [5, 5.41) is 23.9. The van der Waals surface area contributed by atoms with Crippen LogP contribution in [-0.2, 0) is 28.7 Å². The Hall–Kier alpha value is -4.85. The van der Waals surface area contributed by atoms with Gasteiger partial charge in [-0.15, -0.1) is 0 Å². The zero-order valence-corrected chi connectivity index (χ0v) is 41.8. The number of ether oxygens (including phenoxy) is 2. The lowest BCUT2D eigenvalue weighted by atomic mass is 9.33. The second kappa shape index (κ2) is 16.4. The molecule has 5 saturated carbocycles. The Morgan fingerprint density at radius 2 is 1.56 bits per heavy atom. The number of hydrogen-bond donors (Lipinski definition) is 4. The number of aliphatic carboxylic acids is 1. The zero-order valence-electron chi connectivity index (χ0n) is 41.8. The third-order valence-electron chi connectivity index (χ3n) is 19.9. The minimum Gasteiger partial charge on any atom is -0.481 e. The van der Waals surface area contributed by atoms with E-state index < -0.39 is 46.3 Å². The molecule has 2 amide bonds. The summed E-state index contributed by atoms with van der Waals surface area (Å²) in [5.74, 6) is -2.29. The summed E-state index contributed by atoms with van der Waals surface area (Å²) in [5.41, 5.74) is -0.443. The molecule has 2 heterocycles. The van der Waals surface area contributed by atoms with Gasteiger partial charge in [-0.1, -0.05) is 92.6 Å². The number of esters is 1. The Kier molecular flexibility index (Phi) is 11.6. The number of nitrogens with one attached hydrogen (secondary N) is 3. The van der Waals surface area contributed by atoms with Gasteiger partial charge in [0, 0.05) is 30.5 Å². The Labute approximate surface area is 400 Å². The minimum atomic E-state index is -1.34. The Morgan fingerprint density at radius 3 is 2.18 bits per heavy atom. The van der Waals surface area contributed by atoms with Gasteiger partial charge >= 0.3 is 18.0 Å². The van der Waals surface area contributed by atoms with Crippen molar-refractivity contribution in [2.24, 2.45) is 62.6 Å². The molecule has 1 aliphatic heterocycles. The van der Waals surface area contributed by atoms with E-state index in [-0.39, 0.29) is 89.1 Å². The molecule has 14 nitrogen and oxygen atoms in total. The number of fused-ring (bicyclic) bond motifs is 7. The summed E-state index contributed by atoms with van der Waals surface area (Å²) in [7, 11) is 0. The molecule has 0 bridgehead atoms. The van der Waals surface area contributed by atoms with E-state index in [1.54, 1.807) is 6.92 Å². The topological polar surface area (TPSA) is 195 Å². The fourth-order valence-electron chi connectivity index (χ4n) is 15.8. The highest BCUT2D eigenvalue weighted by atomic mass is 16.6. The predicted octanol–water partition coefficient (Wildman–Crippen LogP) is 8.13. The molecule has 14 heteroatoms. The van der Waals surface area contributed by atoms with Crippen LogP contribution in [-0.4, -0.2) is 87.4 Å². The fraction of sp³-hybridized carbons (Fsp3) is 0.685. The fourth-order valence-corrected chi connectivity index (χ4v) is 15.8. The van der Waals surface area contributed by atoms with Crippen LogP contribution in [0.4, 0.5) is 4.79 Å².